The molecule has 216 valence electrons. The zero-order valence-corrected chi connectivity index (χ0v) is 23.5. The fourth-order valence-corrected chi connectivity index (χ4v) is 6.70. The minimum absolute atomic E-state index is 0. The van der Waals surface area contributed by atoms with Crippen LogP contribution in [0.3, 0.4) is 0 Å². The minimum Gasteiger partial charge on any atom is -0.494 e. The first-order valence-corrected chi connectivity index (χ1v) is 13.5. The smallest absolute Gasteiger partial charge is 0.266 e. The Kier molecular flexibility index (Phi) is 16.0. The summed E-state index contributed by atoms with van der Waals surface area (Å²) >= 11 is 0. The molecule has 1 amide bonds. The molecule has 2 N–H and O–H groups in total. The lowest BCUT2D eigenvalue weighted by molar-refractivity contribution is -0.133. The van der Waals surface area contributed by atoms with Crippen molar-refractivity contribution in [2.75, 3.05) is 71.0 Å². The fourth-order valence-electron chi connectivity index (χ4n) is 4.58. The van der Waals surface area contributed by atoms with Crippen molar-refractivity contribution < 1.29 is 27.9 Å². The molecule has 37 heavy (non-hydrogen) atoms. The zero-order chi connectivity index (χ0) is 24.6. The van der Waals surface area contributed by atoms with Gasteiger partial charge in [-0.3, -0.25) is 10.0 Å². The van der Waals surface area contributed by atoms with Crippen LogP contribution in [0.2, 0.25) is 0 Å². The number of sulfonamides is 1. The van der Waals surface area contributed by atoms with Crippen LogP contribution >= 0.6 is 24.8 Å². The van der Waals surface area contributed by atoms with Crippen LogP contribution in [0.4, 0.5) is 5.69 Å². The number of ether oxygens (including phenoxy) is 2. The summed E-state index contributed by atoms with van der Waals surface area (Å²) in [6.07, 6.45) is 2.36. The molecule has 0 unspecified atom stereocenters. The Labute approximate surface area is 234 Å². The van der Waals surface area contributed by atoms with Crippen molar-refractivity contribution >= 4 is 46.4 Å². The van der Waals surface area contributed by atoms with Crippen LogP contribution in [0.1, 0.15) is 40.0 Å². The Morgan fingerprint density at radius 1 is 1.03 bits per heavy atom. The Morgan fingerprint density at radius 3 is 2.14 bits per heavy atom. The van der Waals surface area contributed by atoms with Crippen molar-refractivity contribution in [1.29, 1.82) is 0 Å². The first kappa shape index (κ1) is 35.7. The number of hydrogen-bond donors (Lipinski definition) is 2. The number of anilines is 1. The Balaban J connectivity index is 0.00000432. The fraction of sp³-hybridized carbons (Fsp3) is 0.708. The number of halogens is 2. The van der Waals surface area contributed by atoms with Crippen LogP contribution in [0.5, 0.6) is 5.75 Å². The van der Waals surface area contributed by atoms with Gasteiger partial charge in [0.15, 0.2) is 4.75 Å². The summed E-state index contributed by atoms with van der Waals surface area (Å²) in [5.74, 6) is -0.0211. The molecule has 0 radical (unpaired) electrons. The standard InChI is InChI=1S/C23H38N4O6S.CH4.2ClH/c1-3-4-18-33-21-7-5-20(6-8-21)26-13-15-27(16-14-26)34(30,31)23(22(28)24-29)9-11-25(12-10-23)17-19-32-2;;;/h5-8,29H,3-4,9-19H2,1-2H3,(H,24,28);1H4;2*1H. The van der Waals surface area contributed by atoms with Gasteiger partial charge in [-0.1, -0.05) is 20.8 Å². The normalized spacial score (nSPS) is 18.1. The molecule has 1 aromatic carbocycles. The lowest BCUT2D eigenvalue weighted by Gasteiger charge is -2.44. The highest BCUT2D eigenvalue weighted by Crippen LogP contribution is 2.34. The van der Waals surface area contributed by atoms with E-state index in [1.54, 1.807) is 12.6 Å². The van der Waals surface area contributed by atoms with Crippen molar-refractivity contribution in [2.24, 2.45) is 0 Å². The summed E-state index contributed by atoms with van der Waals surface area (Å²) in [4.78, 5) is 16.9. The predicted molar refractivity (Wildman–Crippen MR) is 151 cm³/mol. The number of rotatable bonds is 11. The molecule has 0 saturated carbocycles. The molecule has 2 heterocycles. The number of likely N-dealkylation sites (tertiary alicyclic amines) is 1. The monoisotopic (exact) mass is 586 g/mol. The third kappa shape index (κ3) is 8.32. The number of carbonyl (C=O) groups is 1. The van der Waals surface area contributed by atoms with Gasteiger partial charge in [0, 0.05) is 58.6 Å². The Morgan fingerprint density at radius 2 is 1.62 bits per heavy atom. The zero-order valence-electron chi connectivity index (χ0n) is 21.1. The van der Waals surface area contributed by atoms with Gasteiger partial charge < -0.3 is 19.3 Å². The average Bonchev–Trinajstić information content (AvgIpc) is 2.88. The first-order valence-electron chi connectivity index (χ1n) is 12.0. The highest BCUT2D eigenvalue weighted by Gasteiger charge is 2.55. The van der Waals surface area contributed by atoms with E-state index >= 15 is 0 Å². The Hall–Kier alpha value is -1.34. The Bertz CT molecular complexity index is 891. The molecule has 2 aliphatic rings. The van der Waals surface area contributed by atoms with E-state index in [1.165, 1.54) is 4.31 Å². The summed E-state index contributed by atoms with van der Waals surface area (Å²) in [5, 5.41) is 9.37. The summed E-state index contributed by atoms with van der Waals surface area (Å²) < 4.78 is 37.9. The number of unbranched alkanes of at least 4 members (excludes halogenated alkanes) is 1. The van der Waals surface area contributed by atoms with E-state index in [9.17, 15) is 18.4 Å². The summed E-state index contributed by atoms with van der Waals surface area (Å²) in [6.45, 7) is 6.53. The molecule has 1 aromatic rings. The third-order valence-corrected chi connectivity index (χ3v) is 9.46. The third-order valence-electron chi connectivity index (χ3n) is 6.83. The van der Waals surface area contributed by atoms with Gasteiger partial charge >= 0.3 is 0 Å². The number of piperazine rings is 1. The van der Waals surface area contributed by atoms with Gasteiger partial charge in [-0.15, -0.1) is 24.8 Å². The van der Waals surface area contributed by atoms with Crippen LogP contribution in [-0.4, -0.2) is 99.6 Å². The lowest BCUT2D eigenvalue weighted by Crippen LogP contribution is -2.63. The maximum Gasteiger partial charge on any atom is 0.266 e. The number of nitrogens with one attached hydrogen (secondary N) is 1. The van der Waals surface area contributed by atoms with E-state index in [-0.39, 0.29) is 58.2 Å². The second-order valence-electron chi connectivity index (χ2n) is 8.86. The van der Waals surface area contributed by atoms with Crippen molar-refractivity contribution in [3.8, 4) is 5.75 Å². The van der Waals surface area contributed by atoms with Gasteiger partial charge in [-0.05, 0) is 43.5 Å². The van der Waals surface area contributed by atoms with Crippen LogP contribution in [0.25, 0.3) is 0 Å². The molecule has 2 saturated heterocycles. The number of amides is 1. The number of carbonyl (C=O) groups excluding carboxylic acids is 1. The molecule has 3 rings (SSSR count). The molecule has 0 bridgehead atoms. The van der Waals surface area contributed by atoms with Crippen LogP contribution < -0.4 is 15.1 Å². The van der Waals surface area contributed by atoms with Gasteiger partial charge in [0.05, 0.1) is 13.2 Å². The second-order valence-corrected chi connectivity index (χ2v) is 11.1. The van der Waals surface area contributed by atoms with Crippen LogP contribution in [0, 0.1) is 0 Å². The summed E-state index contributed by atoms with van der Waals surface area (Å²) in [7, 11) is -2.35. The molecule has 0 aliphatic carbocycles. The van der Waals surface area contributed by atoms with Gasteiger partial charge in [-0.25, -0.2) is 13.9 Å². The van der Waals surface area contributed by atoms with Crippen LogP contribution in [0.15, 0.2) is 24.3 Å². The van der Waals surface area contributed by atoms with Crippen molar-refractivity contribution in [3.05, 3.63) is 24.3 Å². The van der Waals surface area contributed by atoms with E-state index in [0.29, 0.717) is 45.9 Å². The van der Waals surface area contributed by atoms with Crippen molar-refractivity contribution in [3.63, 3.8) is 0 Å². The van der Waals surface area contributed by atoms with E-state index in [0.717, 1.165) is 24.3 Å². The summed E-state index contributed by atoms with van der Waals surface area (Å²) in [6, 6.07) is 7.85. The number of nitrogens with zero attached hydrogens (tertiary/aromatic N) is 3. The SMILES string of the molecule is C.CCCCOc1ccc(N2CCN(S(=O)(=O)C3(C(=O)NO)CCN(CCOC)CC3)CC2)cc1.Cl.Cl. The molecule has 0 aromatic heterocycles. The van der Waals surface area contributed by atoms with E-state index in [2.05, 4.69) is 16.7 Å². The van der Waals surface area contributed by atoms with Gasteiger partial charge in [0.1, 0.15) is 5.75 Å². The molecule has 0 atom stereocenters. The van der Waals surface area contributed by atoms with Crippen molar-refractivity contribution in [1.82, 2.24) is 14.7 Å². The van der Waals surface area contributed by atoms with Gasteiger partial charge in [0.25, 0.3) is 5.91 Å². The van der Waals surface area contributed by atoms with Crippen LogP contribution in [-0.2, 0) is 19.6 Å². The lowest BCUT2D eigenvalue weighted by atomic mass is 9.95. The number of piperidine rings is 1. The maximum absolute atomic E-state index is 13.7. The quantitative estimate of drug-likeness (QED) is 0.231. The topological polar surface area (TPSA) is 112 Å². The second kappa shape index (κ2) is 16.6. The maximum atomic E-state index is 13.7. The number of methoxy groups -OCH3 is 1. The molecular weight excluding hydrogens is 543 g/mol. The predicted octanol–water partition coefficient (Wildman–Crippen LogP) is 2.78. The molecule has 13 heteroatoms. The number of benzene rings is 1. The number of hydrogen-bond acceptors (Lipinski definition) is 8. The average molecular weight is 588 g/mol. The van der Waals surface area contributed by atoms with E-state index in [4.69, 9.17) is 9.47 Å². The highest BCUT2D eigenvalue weighted by atomic mass is 35.5. The van der Waals surface area contributed by atoms with Gasteiger partial charge in [0.2, 0.25) is 10.0 Å². The first-order chi connectivity index (χ1) is 16.4. The van der Waals surface area contributed by atoms with Crippen molar-refractivity contribution in [2.45, 2.75) is 44.8 Å². The molecule has 2 fully saturated rings. The van der Waals surface area contributed by atoms with E-state index < -0.39 is 20.7 Å². The molecule has 0 spiro atoms. The van der Waals surface area contributed by atoms with E-state index in [1.807, 2.05) is 24.3 Å². The molecule has 2 aliphatic heterocycles. The molecule has 10 nitrogen and oxygen atoms in total. The minimum atomic E-state index is -3.97. The molecular formula is C24H44Cl2N4O6S. The van der Waals surface area contributed by atoms with Gasteiger partial charge in [-0.2, -0.15) is 4.31 Å². The highest BCUT2D eigenvalue weighted by molar-refractivity contribution is 7.91. The summed E-state index contributed by atoms with van der Waals surface area (Å²) in [5.41, 5.74) is 2.64. The number of hydroxylamine groups is 1. The largest absolute Gasteiger partial charge is 0.494 e.